The number of phenolic OH excluding ortho intramolecular Hbond substituents is 1. The molecule has 0 aliphatic rings. The van der Waals surface area contributed by atoms with Crippen molar-refractivity contribution in [2.75, 3.05) is 7.11 Å². The molecule has 3 rings (SSSR count). The second kappa shape index (κ2) is 9.26. The molecule has 0 fully saturated rings. The number of nitrogens with zero attached hydrogens (tertiary/aromatic N) is 2. The summed E-state index contributed by atoms with van der Waals surface area (Å²) >= 11 is 0. The van der Waals surface area contributed by atoms with Gasteiger partial charge in [0.15, 0.2) is 0 Å². The average Bonchev–Trinajstić information content (AvgIpc) is 2.74. The standard InChI is InChI=1S/C23H24N2O5/c1-15-13-20(27)22(19(14-21(28)30-2)17-7-10-24-11-8-17)23(29)25(15)12-9-16-3-5-18(26)6-4-16/h3-8,10-11,13,19,26-27H,9,12,14H2,1-2H3. The van der Waals surface area contributed by atoms with Crippen molar-refractivity contribution in [1.29, 1.82) is 0 Å². The van der Waals surface area contributed by atoms with Gasteiger partial charge in [-0.05, 0) is 54.8 Å². The van der Waals surface area contributed by atoms with Crippen molar-refractivity contribution < 1.29 is 19.7 Å². The van der Waals surface area contributed by atoms with E-state index in [2.05, 4.69) is 4.98 Å². The van der Waals surface area contributed by atoms with E-state index in [9.17, 15) is 19.8 Å². The Bertz CT molecular complexity index is 1080. The van der Waals surface area contributed by atoms with Gasteiger partial charge in [0.05, 0.1) is 19.1 Å². The van der Waals surface area contributed by atoms with E-state index in [4.69, 9.17) is 4.74 Å². The molecule has 0 saturated carbocycles. The number of methoxy groups -OCH3 is 1. The number of ether oxygens (including phenoxy) is 1. The molecule has 0 amide bonds. The van der Waals surface area contributed by atoms with E-state index in [1.54, 1.807) is 66.3 Å². The third-order valence-corrected chi connectivity index (χ3v) is 5.14. The summed E-state index contributed by atoms with van der Waals surface area (Å²) in [7, 11) is 1.29. The first-order valence-corrected chi connectivity index (χ1v) is 9.58. The smallest absolute Gasteiger partial charge is 0.306 e. The average molecular weight is 408 g/mol. The number of benzene rings is 1. The third kappa shape index (κ3) is 4.68. The van der Waals surface area contributed by atoms with Crippen LogP contribution in [0.1, 0.15) is 34.7 Å². The Morgan fingerprint density at radius 2 is 1.80 bits per heavy atom. The zero-order valence-corrected chi connectivity index (χ0v) is 16.9. The van der Waals surface area contributed by atoms with Gasteiger partial charge in [0.2, 0.25) is 0 Å². The van der Waals surface area contributed by atoms with Crippen LogP contribution in [0.2, 0.25) is 0 Å². The number of aryl methyl sites for hydroxylation is 2. The summed E-state index contributed by atoms with van der Waals surface area (Å²) < 4.78 is 6.40. The zero-order chi connectivity index (χ0) is 21.7. The van der Waals surface area contributed by atoms with E-state index in [1.807, 2.05) is 0 Å². The van der Waals surface area contributed by atoms with E-state index in [0.29, 0.717) is 24.2 Å². The van der Waals surface area contributed by atoms with Gasteiger partial charge in [0.25, 0.3) is 5.56 Å². The predicted molar refractivity (Wildman–Crippen MR) is 112 cm³/mol. The number of hydrogen-bond acceptors (Lipinski definition) is 6. The summed E-state index contributed by atoms with van der Waals surface area (Å²) in [5, 5.41) is 20.1. The van der Waals surface area contributed by atoms with Gasteiger partial charge >= 0.3 is 5.97 Å². The van der Waals surface area contributed by atoms with E-state index in [0.717, 1.165) is 5.56 Å². The lowest BCUT2D eigenvalue weighted by molar-refractivity contribution is -0.140. The second-order valence-corrected chi connectivity index (χ2v) is 7.07. The quantitative estimate of drug-likeness (QED) is 0.583. The lowest BCUT2D eigenvalue weighted by atomic mass is 9.89. The van der Waals surface area contributed by atoms with Crippen molar-refractivity contribution >= 4 is 5.97 Å². The van der Waals surface area contributed by atoms with E-state index in [-0.39, 0.29) is 29.0 Å². The summed E-state index contributed by atoms with van der Waals surface area (Å²) in [6.07, 6.45) is 3.65. The summed E-state index contributed by atoms with van der Waals surface area (Å²) in [5.41, 5.74) is 2.08. The fourth-order valence-electron chi connectivity index (χ4n) is 3.51. The van der Waals surface area contributed by atoms with Crippen molar-refractivity contribution in [3.05, 3.63) is 87.6 Å². The molecule has 2 heterocycles. The molecule has 156 valence electrons. The SMILES string of the molecule is COC(=O)CC(c1ccncc1)c1c(O)cc(C)n(CCc2ccc(O)cc2)c1=O. The van der Waals surface area contributed by atoms with Gasteiger partial charge in [-0.3, -0.25) is 14.6 Å². The molecule has 30 heavy (non-hydrogen) atoms. The van der Waals surface area contributed by atoms with Crippen molar-refractivity contribution in [2.24, 2.45) is 0 Å². The van der Waals surface area contributed by atoms with Crippen LogP contribution in [-0.4, -0.2) is 32.8 Å². The van der Waals surface area contributed by atoms with Crippen LogP contribution in [-0.2, 0) is 22.5 Å². The molecule has 0 saturated heterocycles. The van der Waals surface area contributed by atoms with Gasteiger partial charge in [0.1, 0.15) is 11.5 Å². The van der Waals surface area contributed by atoms with Crippen LogP contribution in [0.4, 0.5) is 0 Å². The highest BCUT2D eigenvalue weighted by Crippen LogP contribution is 2.32. The summed E-state index contributed by atoms with van der Waals surface area (Å²) in [5.74, 6) is -1.11. The minimum atomic E-state index is -0.659. The second-order valence-electron chi connectivity index (χ2n) is 7.07. The van der Waals surface area contributed by atoms with Crippen LogP contribution in [0.25, 0.3) is 0 Å². The fraction of sp³-hybridized carbons (Fsp3) is 0.261. The third-order valence-electron chi connectivity index (χ3n) is 5.14. The highest BCUT2D eigenvalue weighted by Gasteiger charge is 2.26. The summed E-state index contributed by atoms with van der Waals surface area (Å²) in [4.78, 5) is 29.4. The number of hydrogen-bond donors (Lipinski definition) is 2. The number of carbonyl (C=O) groups is 1. The van der Waals surface area contributed by atoms with Crippen molar-refractivity contribution in [3.63, 3.8) is 0 Å². The number of carbonyl (C=O) groups excluding carboxylic acids is 1. The van der Waals surface area contributed by atoms with Crippen LogP contribution < -0.4 is 5.56 Å². The monoisotopic (exact) mass is 408 g/mol. The normalized spacial score (nSPS) is 11.8. The molecule has 1 aromatic carbocycles. The van der Waals surface area contributed by atoms with Gasteiger partial charge in [-0.25, -0.2) is 0 Å². The zero-order valence-electron chi connectivity index (χ0n) is 16.9. The Kier molecular flexibility index (Phi) is 6.51. The molecule has 1 atom stereocenters. The van der Waals surface area contributed by atoms with E-state index < -0.39 is 11.9 Å². The molecule has 0 aliphatic carbocycles. The summed E-state index contributed by atoms with van der Waals surface area (Å²) in [6.45, 7) is 2.15. The minimum Gasteiger partial charge on any atom is -0.508 e. The number of rotatable bonds is 7. The van der Waals surface area contributed by atoms with Gasteiger partial charge < -0.3 is 19.5 Å². The van der Waals surface area contributed by atoms with Crippen LogP contribution in [0.15, 0.2) is 59.7 Å². The molecule has 7 nitrogen and oxygen atoms in total. The fourth-order valence-corrected chi connectivity index (χ4v) is 3.51. The minimum absolute atomic E-state index is 0.0790. The maximum Gasteiger partial charge on any atom is 0.306 e. The molecule has 0 radical (unpaired) electrons. The molecule has 2 N–H and O–H groups in total. The first-order chi connectivity index (χ1) is 14.4. The number of pyridine rings is 2. The summed E-state index contributed by atoms with van der Waals surface area (Å²) in [6, 6.07) is 11.8. The predicted octanol–water partition coefficient (Wildman–Crippen LogP) is 2.90. The van der Waals surface area contributed by atoms with Crippen molar-refractivity contribution in [1.82, 2.24) is 9.55 Å². The molecule has 1 unspecified atom stereocenters. The van der Waals surface area contributed by atoms with Gasteiger partial charge in [0, 0.05) is 30.6 Å². The molecule has 0 bridgehead atoms. The number of phenols is 1. The molecule has 3 aromatic rings. The number of aromatic nitrogens is 2. The topological polar surface area (TPSA) is 102 Å². The van der Waals surface area contributed by atoms with Gasteiger partial charge in [-0.15, -0.1) is 0 Å². The highest BCUT2D eigenvalue weighted by atomic mass is 16.5. The van der Waals surface area contributed by atoms with Crippen LogP contribution >= 0.6 is 0 Å². The molecule has 7 heteroatoms. The molecule has 0 aliphatic heterocycles. The Hall–Kier alpha value is -3.61. The Morgan fingerprint density at radius 1 is 1.13 bits per heavy atom. The van der Waals surface area contributed by atoms with Gasteiger partial charge in [-0.2, -0.15) is 0 Å². The maximum absolute atomic E-state index is 13.4. The largest absolute Gasteiger partial charge is 0.508 e. The molecule has 2 aromatic heterocycles. The lowest BCUT2D eigenvalue weighted by Gasteiger charge is -2.20. The Labute approximate surface area is 174 Å². The van der Waals surface area contributed by atoms with E-state index in [1.165, 1.54) is 7.11 Å². The highest BCUT2D eigenvalue weighted by molar-refractivity contribution is 5.71. The van der Waals surface area contributed by atoms with Gasteiger partial charge in [-0.1, -0.05) is 12.1 Å². The van der Waals surface area contributed by atoms with Crippen LogP contribution in [0, 0.1) is 6.92 Å². The van der Waals surface area contributed by atoms with Crippen LogP contribution in [0.3, 0.4) is 0 Å². The van der Waals surface area contributed by atoms with Crippen molar-refractivity contribution in [2.45, 2.75) is 32.2 Å². The van der Waals surface area contributed by atoms with Crippen LogP contribution in [0.5, 0.6) is 11.5 Å². The number of esters is 1. The first kappa shape index (κ1) is 21.1. The lowest BCUT2D eigenvalue weighted by Crippen LogP contribution is -2.29. The Balaban J connectivity index is 2.02. The Morgan fingerprint density at radius 3 is 2.43 bits per heavy atom. The number of aromatic hydroxyl groups is 2. The first-order valence-electron chi connectivity index (χ1n) is 9.58. The molecular weight excluding hydrogens is 384 g/mol. The molecule has 0 spiro atoms. The maximum atomic E-state index is 13.4. The van der Waals surface area contributed by atoms with E-state index >= 15 is 0 Å². The molecular formula is C23H24N2O5. The van der Waals surface area contributed by atoms with Crippen molar-refractivity contribution in [3.8, 4) is 11.5 Å².